The normalized spacial score (nSPS) is 16.2. The van der Waals surface area contributed by atoms with Crippen LogP contribution in [-0.2, 0) is 5.41 Å². The maximum atomic E-state index is 13.3. The number of nitrogens with zero attached hydrogens (tertiary/aromatic N) is 1. The number of halogens is 2. The molecule has 0 aliphatic heterocycles. The van der Waals surface area contributed by atoms with Gasteiger partial charge in [-0.3, -0.25) is 0 Å². The first-order valence-corrected chi connectivity index (χ1v) is 9.29. The van der Waals surface area contributed by atoms with Crippen LogP contribution in [0.25, 0.3) is 0 Å². The van der Waals surface area contributed by atoms with Gasteiger partial charge < -0.3 is 10.6 Å². The number of hydrogen-bond donors (Lipinski definition) is 2. The Bertz CT molecular complexity index is 730. The third kappa shape index (κ3) is 4.47. The molecule has 25 heavy (non-hydrogen) atoms. The van der Waals surface area contributed by atoms with Gasteiger partial charge in [-0.2, -0.15) is 0 Å². The Balaban J connectivity index is 1.70. The van der Waals surface area contributed by atoms with Crippen LogP contribution in [-0.4, -0.2) is 16.6 Å². The minimum absolute atomic E-state index is 0.0174. The molecule has 1 heterocycles. The first-order chi connectivity index (χ1) is 12.1. The van der Waals surface area contributed by atoms with E-state index >= 15 is 0 Å². The van der Waals surface area contributed by atoms with Crippen LogP contribution in [0.1, 0.15) is 37.7 Å². The molecule has 2 N–H and O–H groups in total. The van der Waals surface area contributed by atoms with Crippen molar-refractivity contribution < 1.29 is 4.39 Å². The second-order valence-corrected chi connectivity index (χ2v) is 7.26. The van der Waals surface area contributed by atoms with E-state index in [1.54, 1.807) is 12.3 Å². The number of rotatable bonds is 4. The van der Waals surface area contributed by atoms with Crippen LogP contribution in [0.15, 0.2) is 42.6 Å². The average Bonchev–Trinajstić information content (AvgIpc) is 2.63. The van der Waals surface area contributed by atoms with Crippen molar-refractivity contribution in [1.29, 1.82) is 0 Å². The minimum Gasteiger partial charge on any atom is -0.362 e. The van der Waals surface area contributed by atoms with Gasteiger partial charge in [-0.15, -0.1) is 0 Å². The second-order valence-electron chi connectivity index (χ2n) is 6.50. The first-order valence-electron chi connectivity index (χ1n) is 8.50. The fraction of sp³-hybridized carbons (Fsp3) is 0.368. The molecule has 1 saturated carbocycles. The van der Waals surface area contributed by atoms with Crippen molar-refractivity contribution in [3.63, 3.8) is 0 Å². The van der Waals surface area contributed by atoms with Gasteiger partial charge in [0.25, 0.3) is 0 Å². The molecule has 0 saturated heterocycles. The van der Waals surface area contributed by atoms with Crippen LogP contribution in [0.3, 0.4) is 0 Å². The van der Waals surface area contributed by atoms with Crippen molar-refractivity contribution in [3.05, 3.63) is 59.1 Å². The van der Waals surface area contributed by atoms with E-state index in [0.29, 0.717) is 22.5 Å². The van der Waals surface area contributed by atoms with Crippen molar-refractivity contribution in [1.82, 2.24) is 10.3 Å². The monoisotopic (exact) mass is 377 g/mol. The summed E-state index contributed by atoms with van der Waals surface area (Å²) < 4.78 is 13.3. The van der Waals surface area contributed by atoms with Gasteiger partial charge in [0.15, 0.2) is 10.3 Å². The van der Waals surface area contributed by atoms with E-state index in [0.717, 1.165) is 12.8 Å². The zero-order valence-corrected chi connectivity index (χ0v) is 15.5. The summed E-state index contributed by atoms with van der Waals surface area (Å²) in [6.45, 7) is 0.711. The van der Waals surface area contributed by atoms with Gasteiger partial charge in [0.2, 0.25) is 0 Å². The summed E-state index contributed by atoms with van der Waals surface area (Å²) in [6, 6.07) is 10.5. The molecule has 3 rings (SSSR count). The highest BCUT2D eigenvalue weighted by atomic mass is 35.5. The summed E-state index contributed by atoms with van der Waals surface area (Å²) in [5.74, 6) is -0.203. The molecule has 0 bridgehead atoms. The highest BCUT2D eigenvalue weighted by Crippen LogP contribution is 2.39. The lowest BCUT2D eigenvalue weighted by Crippen LogP contribution is -2.43. The Labute approximate surface area is 158 Å². The van der Waals surface area contributed by atoms with Gasteiger partial charge in [-0.25, -0.2) is 9.37 Å². The fourth-order valence-electron chi connectivity index (χ4n) is 3.49. The highest BCUT2D eigenvalue weighted by molar-refractivity contribution is 7.80. The molecule has 0 spiro atoms. The Morgan fingerprint density at radius 2 is 1.88 bits per heavy atom. The molecule has 0 amide bonds. The van der Waals surface area contributed by atoms with Gasteiger partial charge in [-0.05, 0) is 54.9 Å². The lowest BCUT2D eigenvalue weighted by Gasteiger charge is -2.38. The van der Waals surface area contributed by atoms with Crippen molar-refractivity contribution >= 4 is 34.6 Å². The van der Waals surface area contributed by atoms with Crippen LogP contribution < -0.4 is 10.6 Å². The van der Waals surface area contributed by atoms with Gasteiger partial charge >= 0.3 is 0 Å². The van der Waals surface area contributed by atoms with Crippen molar-refractivity contribution in [3.8, 4) is 0 Å². The molecule has 3 nitrogen and oxygen atoms in total. The molecule has 0 radical (unpaired) electrons. The Morgan fingerprint density at radius 3 is 2.56 bits per heavy atom. The van der Waals surface area contributed by atoms with Crippen molar-refractivity contribution in [2.24, 2.45) is 0 Å². The molecule has 0 atom stereocenters. The zero-order chi connectivity index (χ0) is 17.7. The summed E-state index contributed by atoms with van der Waals surface area (Å²) in [7, 11) is 0. The molecule has 132 valence electrons. The molecule has 1 aliphatic rings. The molecule has 1 aromatic heterocycles. The topological polar surface area (TPSA) is 37.0 Å². The van der Waals surface area contributed by atoms with E-state index in [1.165, 1.54) is 37.0 Å². The van der Waals surface area contributed by atoms with E-state index < -0.39 is 0 Å². The van der Waals surface area contributed by atoms with Crippen LogP contribution in [0.5, 0.6) is 0 Å². The Morgan fingerprint density at radius 1 is 1.16 bits per heavy atom. The SMILES string of the molecule is Fc1ccc(C2(CNC(=S)Nc3cccnc3Cl)CCCCC2)cc1. The number of thiocarbonyl (C=S) groups is 1. The van der Waals surface area contributed by atoms with Gasteiger partial charge in [-0.1, -0.05) is 43.0 Å². The molecule has 2 aromatic rings. The fourth-order valence-corrected chi connectivity index (χ4v) is 3.84. The third-order valence-corrected chi connectivity index (χ3v) is 5.41. The summed E-state index contributed by atoms with van der Waals surface area (Å²) in [6.07, 6.45) is 7.37. The summed E-state index contributed by atoms with van der Waals surface area (Å²) in [5, 5.41) is 7.32. The average molecular weight is 378 g/mol. The van der Waals surface area contributed by atoms with Crippen molar-refractivity contribution in [2.45, 2.75) is 37.5 Å². The first kappa shape index (κ1) is 18.1. The van der Waals surface area contributed by atoms with E-state index in [-0.39, 0.29) is 11.2 Å². The van der Waals surface area contributed by atoms with E-state index in [1.807, 2.05) is 18.2 Å². The molecular formula is C19H21ClFN3S. The van der Waals surface area contributed by atoms with Crippen LogP contribution in [0.4, 0.5) is 10.1 Å². The number of pyridine rings is 1. The smallest absolute Gasteiger partial charge is 0.170 e. The summed E-state index contributed by atoms with van der Waals surface area (Å²) >= 11 is 11.5. The molecule has 0 unspecified atom stereocenters. The largest absolute Gasteiger partial charge is 0.362 e. The molecule has 1 fully saturated rings. The lowest BCUT2D eigenvalue weighted by atomic mass is 9.69. The predicted molar refractivity (Wildman–Crippen MR) is 105 cm³/mol. The number of nitrogens with one attached hydrogen (secondary N) is 2. The maximum Gasteiger partial charge on any atom is 0.170 e. The lowest BCUT2D eigenvalue weighted by molar-refractivity contribution is 0.292. The minimum atomic E-state index is -0.203. The standard InChI is InChI=1S/C19H21ClFN3S/c20-17-16(5-4-12-22-17)24-18(25)23-13-19(10-2-1-3-11-19)14-6-8-15(21)9-7-14/h4-9,12H,1-3,10-11,13H2,(H2,23,24,25). The molecular weight excluding hydrogens is 357 g/mol. The number of hydrogen-bond acceptors (Lipinski definition) is 2. The molecule has 6 heteroatoms. The quantitative estimate of drug-likeness (QED) is 0.576. The molecule has 1 aromatic carbocycles. The maximum absolute atomic E-state index is 13.3. The predicted octanol–water partition coefficient (Wildman–Crippen LogP) is 5.06. The van der Waals surface area contributed by atoms with Crippen LogP contribution >= 0.6 is 23.8 Å². The number of aromatic nitrogens is 1. The zero-order valence-electron chi connectivity index (χ0n) is 13.9. The third-order valence-electron chi connectivity index (χ3n) is 4.86. The summed E-state index contributed by atoms with van der Waals surface area (Å²) in [4.78, 5) is 4.03. The van der Waals surface area contributed by atoms with Crippen LogP contribution in [0, 0.1) is 5.82 Å². The van der Waals surface area contributed by atoms with E-state index in [2.05, 4.69) is 15.6 Å². The van der Waals surface area contributed by atoms with E-state index in [4.69, 9.17) is 23.8 Å². The van der Waals surface area contributed by atoms with Crippen molar-refractivity contribution in [2.75, 3.05) is 11.9 Å². The van der Waals surface area contributed by atoms with Crippen LogP contribution in [0.2, 0.25) is 5.15 Å². The highest BCUT2D eigenvalue weighted by Gasteiger charge is 2.34. The summed E-state index contributed by atoms with van der Waals surface area (Å²) in [5.41, 5.74) is 1.83. The number of anilines is 1. The van der Waals surface area contributed by atoms with Gasteiger partial charge in [0.1, 0.15) is 5.82 Å². The Hall–Kier alpha value is -1.72. The van der Waals surface area contributed by atoms with Gasteiger partial charge in [0, 0.05) is 18.2 Å². The van der Waals surface area contributed by atoms with E-state index in [9.17, 15) is 4.39 Å². The second kappa shape index (κ2) is 8.11. The molecule has 1 aliphatic carbocycles. The Kier molecular flexibility index (Phi) is 5.86. The number of benzene rings is 1. The van der Waals surface area contributed by atoms with Gasteiger partial charge in [0.05, 0.1) is 5.69 Å².